The average molecular weight is 843 g/mol. The zero-order valence-corrected chi connectivity index (χ0v) is 38.9. The van der Waals surface area contributed by atoms with Crippen LogP contribution in [0.1, 0.15) is 188 Å². The van der Waals surface area contributed by atoms with E-state index in [0.29, 0.717) is 19.3 Å². The third-order valence-electron chi connectivity index (χ3n) is 9.43. The Bertz CT molecular complexity index is 1340. The van der Waals surface area contributed by atoms with Crippen molar-refractivity contribution < 1.29 is 28.6 Å². The van der Waals surface area contributed by atoms with Gasteiger partial charge in [-0.3, -0.25) is 14.4 Å². The van der Waals surface area contributed by atoms with Gasteiger partial charge < -0.3 is 14.2 Å². The van der Waals surface area contributed by atoms with Gasteiger partial charge in [-0.2, -0.15) is 0 Å². The third kappa shape index (κ3) is 46.7. The van der Waals surface area contributed by atoms with Crippen LogP contribution in [0, 0.1) is 0 Å². The van der Waals surface area contributed by atoms with Crippen LogP contribution in [0.15, 0.2) is 122 Å². The summed E-state index contributed by atoms with van der Waals surface area (Å²) in [6, 6.07) is 0. The van der Waals surface area contributed by atoms with E-state index in [1.165, 1.54) is 25.7 Å². The van der Waals surface area contributed by atoms with Gasteiger partial charge in [0, 0.05) is 19.3 Å². The van der Waals surface area contributed by atoms with Gasteiger partial charge >= 0.3 is 17.9 Å². The molecule has 0 fully saturated rings. The lowest BCUT2D eigenvalue weighted by atomic mass is 10.1. The van der Waals surface area contributed by atoms with Gasteiger partial charge in [0.2, 0.25) is 0 Å². The van der Waals surface area contributed by atoms with E-state index in [9.17, 15) is 14.4 Å². The molecular weight excluding hydrogens is 757 g/mol. The molecule has 6 nitrogen and oxygen atoms in total. The molecule has 0 amide bonds. The average Bonchev–Trinajstić information content (AvgIpc) is 3.26. The molecule has 0 aliphatic heterocycles. The fourth-order valence-electron chi connectivity index (χ4n) is 5.86. The molecule has 0 radical (unpaired) electrons. The van der Waals surface area contributed by atoms with Crippen LogP contribution < -0.4 is 0 Å². The molecule has 0 aliphatic rings. The topological polar surface area (TPSA) is 78.9 Å². The molecule has 0 aromatic carbocycles. The van der Waals surface area contributed by atoms with Crippen molar-refractivity contribution >= 4 is 17.9 Å². The van der Waals surface area contributed by atoms with Gasteiger partial charge in [0.25, 0.3) is 0 Å². The van der Waals surface area contributed by atoms with E-state index in [1.807, 2.05) is 0 Å². The maximum atomic E-state index is 12.7. The van der Waals surface area contributed by atoms with E-state index in [0.717, 1.165) is 109 Å². The standard InChI is InChI=1S/C55H86O6/c1-4-7-10-13-16-19-22-24-26-27-29-30-33-36-39-42-45-48-54(57)60-51-52(50-59-53(56)47-44-41-38-35-32-21-18-15-12-9-6-3)61-55(58)49-46-43-40-37-34-31-28-25-23-20-17-14-11-8-5-2/h7-8,10-11,15-20,24-26,28-30,34,36-37,39,52H,4-6,9,12-14,21-23,27,31-33,35,38,40-51H2,1-3H3/b10-7-,11-8-,18-15-,19-16-,20-17-,26-24-,28-25-,30-29-,37-34-,39-36-/t52-/m1/s1. The van der Waals surface area contributed by atoms with Crippen LogP contribution in [0.2, 0.25) is 0 Å². The highest BCUT2D eigenvalue weighted by atomic mass is 16.6. The zero-order chi connectivity index (χ0) is 44.4. The zero-order valence-electron chi connectivity index (χ0n) is 38.9. The van der Waals surface area contributed by atoms with Crippen LogP contribution >= 0.6 is 0 Å². The van der Waals surface area contributed by atoms with Gasteiger partial charge in [-0.1, -0.05) is 174 Å². The molecule has 0 aromatic rings. The summed E-state index contributed by atoms with van der Waals surface area (Å²) in [5.74, 6) is -1.05. The Labute approximate surface area is 373 Å². The van der Waals surface area contributed by atoms with E-state index in [2.05, 4.69) is 142 Å². The normalized spacial score (nSPS) is 13.2. The van der Waals surface area contributed by atoms with E-state index in [-0.39, 0.29) is 44.0 Å². The molecule has 0 saturated heterocycles. The lowest BCUT2D eigenvalue weighted by Gasteiger charge is -2.18. The predicted octanol–water partition coefficient (Wildman–Crippen LogP) is 15.7. The SMILES string of the molecule is CC/C=C\C/C=C\C/C=C\C/C=C\C/C=C\CCCC(=O)OC[C@@H](COC(=O)CCCCCCC/C=C\CCCC)OC(=O)CCCC/C=C\C/C=C\C/C=C\C/C=C\CC. The predicted molar refractivity (Wildman–Crippen MR) is 260 cm³/mol. The van der Waals surface area contributed by atoms with Gasteiger partial charge in [0.1, 0.15) is 13.2 Å². The molecule has 0 N–H and O–H groups in total. The lowest BCUT2D eigenvalue weighted by Crippen LogP contribution is -2.30. The number of ether oxygens (including phenoxy) is 3. The molecule has 0 saturated carbocycles. The first-order valence-electron chi connectivity index (χ1n) is 24.0. The first-order chi connectivity index (χ1) is 30.0. The monoisotopic (exact) mass is 843 g/mol. The van der Waals surface area contributed by atoms with Crippen molar-refractivity contribution in [3.05, 3.63) is 122 Å². The molecule has 0 rings (SSSR count). The fraction of sp³-hybridized carbons (Fsp3) is 0.582. The van der Waals surface area contributed by atoms with Gasteiger partial charge in [-0.15, -0.1) is 0 Å². The van der Waals surface area contributed by atoms with Crippen molar-refractivity contribution in [3.8, 4) is 0 Å². The lowest BCUT2D eigenvalue weighted by molar-refractivity contribution is -0.167. The molecular formula is C55H86O6. The van der Waals surface area contributed by atoms with Gasteiger partial charge in [0.05, 0.1) is 0 Å². The van der Waals surface area contributed by atoms with Gasteiger partial charge in [0.15, 0.2) is 6.10 Å². The van der Waals surface area contributed by atoms with Crippen LogP contribution in [-0.2, 0) is 28.6 Å². The minimum Gasteiger partial charge on any atom is -0.462 e. The Hall–Kier alpha value is -4.19. The summed E-state index contributed by atoms with van der Waals surface area (Å²) >= 11 is 0. The number of hydrogen-bond acceptors (Lipinski definition) is 6. The molecule has 0 heterocycles. The van der Waals surface area contributed by atoms with E-state index in [1.54, 1.807) is 0 Å². The van der Waals surface area contributed by atoms with Crippen molar-refractivity contribution in [2.24, 2.45) is 0 Å². The number of carbonyl (C=O) groups is 3. The van der Waals surface area contributed by atoms with Crippen molar-refractivity contribution in [1.29, 1.82) is 0 Å². The summed E-state index contributed by atoms with van der Waals surface area (Å²) in [6.07, 6.45) is 66.2. The first kappa shape index (κ1) is 56.8. The number of hydrogen-bond donors (Lipinski definition) is 0. The summed E-state index contributed by atoms with van der Waals surface area (Å²) in [4.78, 5) is 37.8. The summed E-state index contributed by atoms with van der Waals surface area (Å²) in [6.45, 7) is 6.25. The van der Waals surface area contributed by atoms with E-state index in [4.69, 9.17) is 14.2 Å². The van der Waals surface area contributed by atoms with E-state index < -0.39 is 6.10 Å². The maximum absolute atomic E-state index is 12.7. The quantitative estimate of drug-likeness (QED) is 0.0264. The highest BCUT2D eigenvalue weighted by Crippen LogP contribution is 2.11. The van der Waals surface area contributed by atoms with Crippen molar-refractivity contribution in [1.82, 2.24) is 0 Å². The molecule has 1 atom stereocenters. The minimum absolute atomic E-state index is 0.121. The number of carbonyl (C=O) groups excluding carboxylic acids is 3. The largest absolute Gasteiger partial charge is 0.462 e. The molecule has 0 unspecified atom stereocenters. The van der Waals surface area contributed by atoms with Crippen molar-refractivity contribution in [3.63, 3.8) is 0 Å². The molecule has 342 valence electrons. The second kappa shape index (κ2) is 48.5. The highest BCUT2D eigenvalue weighted by Gasteiger charge is 2.19. The van der Waals surface area contributed by atoms with Crippen LogP contribution in [-0.4, -0.2) is 37.2 Å². The Morgan fingerprint density at radius 3 is 1.11 bits per heavy atom. The molecule has 0 spiro atoms. The Balaban J connectivity index is 4.58. The number of allylic oxidation sites excluding steroid dienone is 20. The first-order valence-corrected chi connectivity index (χ1v) is 24.0. The molecule has 0 aromatic heterocycles. The molecule has 61 heavy (non-hydrogen) atoms. The van der Waals surface area contributed by atoms with Gasteiger partial charge in [-0.05, 0) is 116 Å². The second-order valence-corrected chi connectivity index (χ2v) is 15.2. The van der Waals surface area contributed by atoms with E-state index >= 15 is 0 Å². The number of esters is 3. The number of unbranched alkanes of at least 4 members (excludes halogenated alkanes) is 10. The molecule has 0 bridgehead atoms. The van der Waals surface area contributed by atoms with Crippen molar-refractivity contribution in [2.45, 2.75) is 194 Å². The Morgan fingerprint density at radius 1 is 0.344 bits per heavy atom. The smallest absolute Gasteiger partial charge is 0.306 e. The summed E-state index contributed by atoms with van der Waals surface area (Å²) in [7, 11) is 0. The maximum Gasteiger partial charge on any atom is 0.306 e. The highest BCUT2D eigenvalue weighted by molar-refractivity contribution is 5.71. The number of rotatable bonds is 41. The summed E-state index contributed by atoms with van der Waals surface area (Å²) in [5, 5.41) is 0. The van der Waals surface area contributed by atoms with Crippen LogP contribution in [0.3, 0.4) is 0 Å². The van der Waals surface area contributed by atoms with Crippen LogP contribution in [0.5, 0.6) is 0 Å². The minimum atomic E-state index is -0.828. The molecule has 0 aliphatic carbocycles. The van der Waals surface area contributed by atoms with Gasteiger partial charge in [-0.25, -0.2) is 0 Å². The second-order valence-electron chi connectivity index (χ2n) is 15.2. The van der Waals surface area contributed by atoms with Crippen LogP contribution in [0.25, 0.3) is 0 Å². The molecule has 6 heteroatoms. The van der Waals surface area contributed by atoms with Crippen molar-refractivity contribution in [2.75, 3.05) is 13.2 Å². The Morgan fingerprint density at radius 2 is 0.656 bits per heavy atom. The fourth-order valence-corrected chi connectivity index (χ4v) is 5.86. The third-order valence-corrected chi connectivity index (χ3v) is 9.43. The summed E-state index contributed by atoms with van der Waals surface area (Å²) < 4.78 is 16.6. The van der Waals surface area contributed by atoms with Crippen LogP contribution in [0.4, 0.5) is 0 Å². The summed E-state index contributed by atoms with van der Waals surface area (Å²) in [5.41, 5.74) is 0. The Kier molecular flexibility index (Phi) is 45.1.